The Bertz CT molecular complexity index is 1180. The molecule has 0 amide bonds. The first-order valence-electron chi connectivity index (χ1n) is 9.52. The van der Waals surface area contributed by atoms with Crippen molar-refractivity contribution in [2.75, 3.05) is 6.61 Å². The minimum Gasteiger partial charge on any atom is -0.443 e. The summed E-state index contributed by atoms with van der Waals surface area (Å²) in [6, 6.07) is 12.2. The number of benzene rings is 2. The van der Waals surface area contributed by atoms with Crippen molar-refractivity contribution < 1.29 is 27.6 Å². The van der Waals surface area contributed by atoms with Crippen LogP contribution in [0.2, 0.25) is 0 Å². The Morgan fingerprint density at radius 3 is 2.34 bits per heavy atom. The number of alkyl halides is 3. The number of hydrogen-bond donors (Lipinski definition) is 0. The summed E-state index contributed by atoms with van der Waals surface area (Å²) < 4.78 is 50.6. The highest BCUT2D eigenvalue weighted by atomic mass is 19.4. The van der Waals surface area contributed by atoms with Crippen molar-refractivity contribution in [3.05, 3.63) is 87.1 Å². The van der Waals surface area contributed by atoms with Crippen LogP contribution in [0.3, 0.4) is 0 Å². The summed E-state index contributed by atoms with van der Waals surface area (Å²) in [6.07, 6.45) is -3.34. The predicted molar refractivity (Wildman–Crippen MR) is 107 cm³/mol. The molecule has 0 fully saturated rings. The number of rotatable bonds is 4. The Morgan fingerprint density at radius 2 is 1.75 bits per heavy atom. The third-order valence-corrected chi connectivity index (χ3v) is 4.72. The molecule has 1 aromatic heterocycles. The van der Waals surface area contributed by atoms with E-state index < -0.39 is 16.7 Å². The Morgan fingerprint density at radius 1 is 1.12 bits per heavy atom. The lowest BCUT2D eigenvalue weighted by Crippen LogP contribution is -2.32. The molecular weight excluding hydrogens is 427 g/mol. The van der Waals surface area contributed by atoms with E-state index in [1.54, 1.807) is 16.7 Å². The molecule has 0 saturated heterocycles. The minimum absolute atomic E-state index is 0.201. The largest absolute Gasteiger partial charge is 0.443 e. The number of nitrogens with zero attached hydrogens (tertiary/aromatic N) is 3. The molecule has 0 unspecified atom stereocenters. The van der Waals surface area contributed by atoms with E-state index in [0.29, 0.717) is 24.3 Å². The van der Waals surface area contributed by atoms with Crippen LogP contribution in [0.4, 0.5) is 19.0 Å². The molecule has 0 spiro atoms. The lowest BCUT2D eigenvalue weighted by Gasteiger charge is -2.22. The zero-order chi connectivity index (χ0) is 22.7. The van der Waals surface area contributed by atoms with Crippen LogP contribution in [0.15, 0.2) is 54.7 Å². The second-order valence-electron chi connectivity index (χ2n) is 7.06. The smallest absolute Gasteiger partial charge is 0.416 e. The van der Waals surface area contributed by atoms with Gasteiger partial charge in [0.1, 0.15) is 18.9 Å². The first-order chi connectivity index (χ1) is 15.3. The molecule has 164 valence electrons. The SMILES string of the molecule is O=[N+]([O-])c1cn2c(n1)OC[C@@H](OCc1ccc(C#Cc3ccc(C(F)(F)F)cc3)cc1)C2. The van der Waals surface area contributed by atoms with Crippen molar-refractivity contribution in [3.63, 3.8) is 0 Å². The molecule has 7 nitrogen and oxygen atoms in total. The second-order valence-corrected chi connectivity index (χ2v) is 7.06. The monoisotopic (exact) mass is 443 g/mol. The van der Waals surface area contributed by atoms with Gasteiger partial charge in [-0.1, -0.05) is 24.0 Å². The fourth-order valence-corrected chi connectivity index (χ4v) is 3.05. The number of halogens is 3. The van der Waals surface area contributed by atoms with Gasteiger partial charge in [-0.15, -0.1) is 0 Å². The lowest BCUT2D eigenvalue weighted by molar-refractivity contribution is -0.389. The summed E-state index contributed by atoms with van der Waals surface area (Å²) in [6.45, 7) is 0.949. The zero-order valence-corrected chi connectivity index (χ0v) is 16.5. The predicted octanol–water partition coefficient (Wildman–Crippen LogP) is 4.19. The molecule has 0 aliphatic carbocycles. The molecule has 1 atom stereocenters. The van der Waals surface area contributed by atoms with E-state index in [1.807, 2.05) is 12.1 Å². The van der Waals surface area contributed by atoms with E-state index in [0.717, 1.165) is 17.7 Å². The maximum absolute atomic E-state index is 12.6. The molecule has 32 heavy (non-hydrogen) atoms. The van der Waals surface area contributed by atoms with E-state index in [9.17, 15) is 23.3 Å². The Hall–Kier alpha value is -3.84. The highest BCUT2D eigenvalue weighted by molar-refractivity contribution is 5.44. The van der Waals surface area contributed by atoms with Crippen LogP contribution in [-0.2, 0) is 24.1 Å². The molecule has 0 saturated carbocycles. The highest BCUT2D eigenvalue weighted by Crippen LogP contribution is 2.29. The van der Waals surface area contributed by atoms with Crippen molar-refractivity contribution in [3.8, 4) is 17.9 Å². The number of hydrogen-bond acceptors (Lipinski definition) is 5. The van der Waals surface area contributed by atoms with Crippen molar-refractivity contribution in [1.29, 1.82) is 0 Å². The van der Waals surface area contributed by atoms with Crippen molar-refractivity contribution in [2.45, 2.75) is 25.4 Å². The lowest BCUT2D eigenvalue weighted by atomic mass is 10.1. The van der Waals surface area contributed by atoms with E-state index in [4.69, 9.17) is 9.47 Å². The Labute approximate surface area is 180 Å². The molecule has 4 rings (SSSR count). The summed E-state index contributed by atoms with van der Waals surface area (Å²) >= 11 is 0. The number of aromatic nitrogens is 2. The van der Waals surface area contributed by atoms with E-state index >= 15 is 0 Å². The Kier molecular flexibility index (Phi) is 5.83. The molecule has 2 heterocycles. The fourth-order valence-electron chi connectivity index (χ4n) is 3.05. The maximum atomic E-state index is 12.6. The standard InChI is InChI=1S/C22H16F3N3O4/c23-22(24,25)18-9-7-16(8-10-18)2-1-15-3-5-17(6-4-15)13-31-19-11-27-12-20(28(29)30)26-21(27)32-14-19/h3-10,12,19H,11,13-14H2/t19-/m0/s1. The quantitative estimate of drug-likeness (QED) is 0.343. The van der Waals surface area contributed by atoms with Crippen LogP contribution in [0, 0.1) is 22.0 Å². The van der Waals surface area contributed by atoms with Gasteiger partial charge in [0.2, 0.25) is 0 Å². The molecule has 1 aliphatic rings. The topological polar surface area (TPSA) is 79.4 Å². The van der Waals surface area contributed by atoms with E-state index in [1.165, 1.54) is 18.3 Å². The molecule has 0 N–H and O–H groups in total. The number of fused-ring (bicyclic) bond motifs is 1. The van der Waals surface area contributed by atoms with Crippen molar-refractivity contribution in [2.24, 2.45) is 0 Å². The van der Waals surface area contributed by atoms with Crippen LogP contribution in [0.5, 0.6) is 6.01 Å². The summed E-state index contributed by atoms with van der Waals surface area (Å²) in [4.78, 5) is 14.0. The van der Waals surface area contributed by atoms with Gasteiger partial charge in [-0.3, -0.25) is 4.57 Å². The van der Waals surface area contributed by atoms with Gasteiger partial charge < -0.3 is 19.6 Å². The van der Waals surface area contributed by atoms with Crippen LogP contribution >= 0.6 is 0 Å². The molecule has 3 aromatic rings. The molecule has 2 aromatic carbocycles. The van der Waals surface area contributed by atoms with Gasteiger partial charge in [-0.25, -0.2) is 0 Å². The van der Waals surface area contributed by atoms with Gasteiger partial charge in [-0.05, 0) is 46.9 Å². The fraction of sp³-hybridized carbons (Fsp3) is 0.227. The summed E-state index contributed by atoms with van der Waals surface area (Å²) in [5.41, 5.74) is 1.39. The van der Waals surface area contributed by atoms with Crippen LogP contribution < -0.4 is 4.74 Å². The highest BCUT2D eigenvalue weighted by Gasteiger charge is 2.30. The second kappa shape index (κ2) is 8.72. The number of imidazole rings is 1. The van der Waals surface area contributed by atoms with Gasteiger partial charge in [0, 0.05) is 16.1 Å². The third-order valence-electron chi connectivity index (χ3n) is 4.72. The van der Waals surface area contributed by atoms with Gasteiger partial charge in [0.25, 0.3) is 0 Å². The summed E-state index contributed by atoms with van der Waals surface area (Å²) in [7, 11) is 0. The van der Waals surface area contributed by atoms with Gasteiger partial charge >= 0.3 is 18.0 Å². The summed E-state index contributed by atoms with van der Waals surface area (Å²) in [5.74, 6) is 5.49. The average molecular weight is 443 g/mol. The Balaban J connectivity index is 1.32. The average Bonchev–Trinajstić information content (AvgIpc) is 3.20. The molecular formula is C22H16F3N3O4. The normalized spacial score (nSPS) is 15.3. The van der Waals surface area contributed by atoms with E-state index in [2.05, 4.69) is 16.8 Å². The molecule has 1 aliphatic heterocycles. The van der Waals surface area contributed by atoms with Gasteiger partial charge in [0.15, 0.2) is 0 Å². The summed E-state index contributed by atoms with van der Waals surface area (Å²) in [5, 5.41) is 10.8. The minimum atomic E-state index is -4.37. The molecule has 0 radical (unpaired) electrons. The van der Waals surface area contributed by atoms with E-state index in [-0.39, 0.29) is 24.5 Å². The van der Waals surface area contributed by atoms with Gasteiger partial charge in [0.05, 0.1) is 18.7 Å². The maximum Gasteiger partial charge on any atom is 0.416 e. The molecule has 0 bridgehead atoms. The first kappa shape index (κ1) is 21.4. The van der Waals surface area contributed by atoms with Crippen molar-refractivity contribution >= 4 is 5.82 Å². The molecule has 10 heteroatoms. The number of nitro groups is 1. The van der Waals surface area contributed by atoms with Crippen LogP contribution in [0.25, 0.3) is 0 Å². The van der Waals surface area contributed by atoms with Crippen LogP contribution in [0.1, 0.15) is 22.3 Å². The number of ether oxygens (including phenoxy) is 2. The van der Waals surface area contributed by atoms with Crippen molar-refractivity contribution in [1.82, 2.24) is 9.55 Å². The van der Waals surface area contributed by atoms with Crippen LogP contribution in [-0.4, -0.2) is 27.2 Å². The first-order valence-corrected chi connectivity index (χ1v) is 9.52. The van der Waals surface area contributed by atoms with Gasteiger partial charge in [-0.2, -0.15) is 13.2 Å². The third kappa shape index (κ3) is 5.07. The zero-order valence-electron chi connectivity index (χ0n) is 16.5.